The average Bonchev–Trinajstić information content (AvgIpc) is 2.61. The number of rotatable bonds is 5. The van der Waals surface area contributed by atoms with Crippen LogP contribution in [0.15, 0.2) is 40.9 Å². The summed E-state index contributed by atoms with van der Waals surface area (Å²) in [6.07, 6.45) is 0. The van der Waals surface area contributed by atoms with Crippen molar-refractivity contribution >= 4 is 38.6 Å². The minimum absolute atomic E-state index is 0.0681. The highest BCUT2D eigenvalue weighted by atomic mass is 79.9. The maximum absolute atomic E-state index is 12.2. The second-order valence-electron chi connectivity index (χ2n) is 5.60. The highest BCUT2D eigenvalue weighted by Gasteiger charge is 2.20. The number of aromatic nitrogens is 2. The molecule has 1 heterocycles. The number of nitrogens with zero attached hydrogens (tertiary/aromatic N) is 2. The monoisotopic (exact) mass is 415 g/mol. The summed E-state index contributed by atoms with van der Waals surface area (Å²) < 4.78 is 11.8. The molecule has 0 aliphatic heterocycles. The van der Waals surface area contributed by atoms with Gasteiger partial charge in [0.15, 0.2) is 0 Å². The first kappa shape index (κ1) is 18.1. The van der Waals surface area contributed by atoms with Gasteiger partial charge in [0, 0.05) is 0 Å². The molecule has 0 aliphatic carbocycles. The number of hydrogen-bond acceptors (Lipinski definition) is 6. The van der Waals surface area contributed by atoms with Crippen LogP contribution in [-0.4, -0.2) is 22.5 Å². The Kier molecular flexibility index (Phi) is 5.37. The van der Waals surface area contributed by atoms with Crippen molar-refractivity contribution in [3.05, 3.63) is 57.8 Å². The normalized spacial score (nSPS) is 10.7. The van der Waals surface area contributed by atoms with Crippen LogP contribution in [-0.2, 0) is 11.3 Å². The molecule has 0 bridgehead atoms. The largest absolute Gasteiger partial charge is 0.486 e. The number of nitrogens with two attached hydrogens (primary N) is 1. The smallest absolute Gasteiger partial charge is 0.341 e. The Morgan fingerprint density at radius 2 is 1.96 bits per heavy atom. The first-order chi connectivity index (χ1) is 12.5. The SMILES string of the molecule is CCOC(=O)c1c(C)nc(N)nc1COc1ccc2ccccc2c1Br. The van der Waals surface area contributed by atoms with Crippen LogP contribution in [0.3, 0.4) is 0 Å². The topological polar surface area (TPSA) is 87.3 Å². The first-order valence-corrected chi connectivity index (χ1v) is 8.90. The van der Waals surface area contributed by atoms with Gasteiger partial charge in [0.25, 0.3) is 0 Å². The number of carbonyl (C=O) groups excluding carboxylic acids is 1. The third kappa shape index (κ3) is 3.62. The Hall–Kier alpha value is -2.67. The number of esters is 1. The number of fused-ring (bicyclic) bond motifs is 1. The van der Waals surface area contributed by atoms with Crippen molar-refractivity contribution in [1.29, 1.82) is 0 Å². The zero-order chi connectivity index (χ0) is 18.7. The number of halogens is 1. The summed E-state index contributed by atoms with van der Waals surface area (Å²) in [5.41, 5.74) is 6.89. The van der Waals surface area contributed by atoms with Crippen molar-refractivity contribution in [2.45, 2.75) is 20.5 Å². The summed E-state index contributed by atoms with van der Waals surface area (Å²) in [7, 11) is 0. The molecule has 1 aromatic heterocycles. The summed E-state index contributed by atoms with van der Waals surface area (Å²) in [6, 6.07) is 11.8. The number of benzene rings is 2. The molecule has 0 saturated carbocycles. The van der Waals surface area contributed by atoms with Gasteiger partial charge in [0.1, 0.15) is 17.9 Å². The quantitative estimate of drug-likeness (QED) is 0.632. The molecular weight excluding hydrogens is 398 g/mol. The molecule has 3 aromatic rings. The van der Waals surface area contributed by atoms with E-state index >= 15 is 0 Å². The fourth-order valence-corrected chi connectivity index (χ4v) is 3.31. The van der Waals surface area contributed by atoms with Gasteiger partial charge in [0.05, 0.1) is 22.5 Å². The van der Waals surface area contributed by atoms with E-state index < -0.39 is 5.97 Å². The Morgan fingerprint density at radius 3 is 2.73 bits per heavy atom. The fraction of sp³-hybridized carbons (Fsp3) is 0.211. The Morgan fingerprint density at radius 1 is 1.19 bits per heavy atom. The molecule has 0 unspecified atom stereocenters. The van der Waals surface area contributed by atoms with Gasteiger partial charge in [-0.3, -0.25) is 0 Å². The third-order valence-corrected chi connectivity index (χ3v) is 4.67. The summed E-state index contributed by atoms with van der Waals surface area (Å²) in [5.74, 6) is 0.251. The molecule has 2 N–H and O–H groups in total. The van der Waals surface area contributed by atoms with Crippen molar-refractivity contribution in [2.24, 2.45) is 0 Å². The molecule has 2 aromatic carbocycles. The highest BCUT2D eigenvalue weighted by molar-refractivity contribution is 9.10. The Labute approximate surface area is 159 Å². The van der Waals surface area contributed by atoms with E-state index in [0.717, 1.165) is 15.2 Å². The van der Waals surface area contributed by atoms with E-state index in [1.54, 1.807) is 13.8 Å². The molecule has 134 valence electrons. The molecular formula is C19H18BrN3O3. The van der Waals surface area contributed by atoms with E-state index in [1.165, 1.54) is 0 Å². The lowest BCUT2D eigenvalue weighted by atomic mass is 10.1. The summed E-state index contributed by atoms with van der Waals surface area (Å²) in [6.45, 7) is 3.77. The number of aryl methyl sites for hydroxylation is 1. The van der Waals surface area contributed by atoms with E-state index in [1.807, 2.05) is 36.4 Å². The summed E-state index contributed by atoms with van der Waals surface area (Å²) in [5, 5.41) is 2.13. The van der Waals surface area contributed by atoms with Crippen molar-refractivity contribution in [3.8, 4) is 5.75 Å². The van der Waals surface area contributed by atoms with Crippen molar-refractivity contribution in [1.82, 2.24) is 9.97 Å². The van der Waals surface area contributed by atoms with Gasteiger partial charge in [-0.25, -0.2) is 14.8 Å². The minimum Gasteiger partial charge on any atom is -0.486 e. The van der Waals surface area contributed by atoms with Crippen molar-refractivity contribution < 1.29 is 14.3 Å². The average molecular weight is 416 g/mol. The number of hydrogen-bond donors (Lipinski definition) is 1. The zero-order valence-corrected chi connectivity index (χ0v) is 16.0. The maximum Gasteiger partial charge on any atom is 0.341 e. The zero-order valence-electron chi connectivity index (χ0n) is 14.5. The molecule has 0 amide bonds. The number of ether oxygens (including phenoxy) is 2. The highest BCUT2D eigenvalue weighted by Crippen LogP contribution is 2.33. The third-order valence-electron chi connectivity index (χ3n) is 3.85. The molecule has 6 nitrogen and oxygen atoms in total. The van der Waals surface area contributed by atoms with Crippen molar-refractivity contribution in [3.63, 3.8) is 0 Å². The lowest BCUT2D eigenvalue weighted by Crippen LogP contribution is -2.16. The molecule has 0 aliphatic rings. The van der Waals surface area contributed by atoms with Gasteiger partial charge in [-0.05, 0) is 46.6 Å². The predicted molar refractivity (Wildman–Crippen MR) is 103 cm³/mol. The van der Waals surface area contributed by atoms with E-state index in [-0.39, 0.29) is 24.7 Å². The molecule has 0 radical (unpaired) electrons. The molecule has 26 heavy (non-hydrogen) atoms. The number of nitrogen functional groups attached to an aromatic ring is 1. The van der Waals surface area contributed by atoms with Gasteiger partial charge in [0.2, 0.25) is 5.95 Å². The van der Waals surface area contributed by atoms with Crippen LogP contribution < -0.4 is 10.5 Å². The number of carbonyl (C=O) groups is 1. The molecule has 7 heteroatoms. The summed E-state index contributed by atoms with van der Waals surface area (Å²) >= 11 is 3.58. The van der Waals surface area contributed by atoms with Gasteiger partial charge in [-0.15, -0.1) is 0 Å². The van der Waals surface area contributed by atoms with E-state index in [0.29, 0.717) is 17.1 Å². The standard InChI is InChI=1S/C19H18BrN3O3/c1-3-25-18(24)16-11(2)22-19(21)23-14(16)10-26-15-9-8-12-6-4-5-7-13(12)17(15)20/h4-9H,3,10H2,1-2H3,(H2,21,22,23). The van der Waals surface area contributed by atoms with Crippen LogP contribution in [0.2, 0.25) is 0 Å². The van der Waals surface area contributed by atoms with Gasteiger partial charge in [-0.1, -0.05) is 30.3 Å². The van der Waals surface area contributed by atoms with Gasteiger partial charge >= 0.3 is 5.97 Å². The van der Waals surface area contributed by atoms with Crippen LogP contribution in [0.1, 0.15) is 28.7 Å². The van der Waals surface area contributed by atoms with Crippen LogP contribution in [0.5, 0.6) is 5.75 Å². The predicted octanol–water partition coefficient (Wildman–Crippen LogP) is 4.04. The van der Waals surface area contributed by atoms with Crippen molar-refractivity contribution in [2.75, 3.05) is 12.3 Å². The van der Waals surface area contributed by atoms with E-state index in [4.69, 9.17) is 15.2 Å². The van der Waals surface area contributed by atoms with E-state index in [9.17, 15) is 4.79 Å². The van der Waals surface area contributed by atoms with Crippen LogP contribution in [0.25, 0.3) is 10.8 Å². The molecule has 0 saturated heterocycles. The number of anilines is 1. The van der Waals surface area contributed by atoms with Gasteiger partial charge < -0.3 is 15.2 Å². The lowest BCUT2D eigenvalue weighted by molar-refractivity contribution is 0.0521. The Balaban J connectivity index is 1.92. The van der Waals surface area contributed by atoms with Crippen LogP contribution in [0, 0.1) is 6.92 Å². The first-order valence-electron chi connectivity index (χ1n) is 8.11. The minimum atomic E-state index is -0.485. The second kappa shape index (κ2) is 7.70. The molecule has 0 fully saturated rings. The van der Waals surface area contributed by atoms with Gasteiger partial charge in [-0.2, -0.15) is 0 Å². The lowest BCUT2D eigenvalue weighted by Gasteiger charge is -2.14. The van der Waals surface area contributed by atoms with Crippen LogP contribution in [0.4, 0.5) is 5.95 Å². The fourth-order valence-electron chi connectivity index (χ4n) is 2.70. The van der Waals surface area contributed by atoms with Crippen LogP contribution >= 0.6 is 15.9 Å². The van der Waals surface area contributed by atoms with E-state index in [2.05, 4.69) is 25.9 Å². The molecule has 3 rings (SSSR count). The Bertz CT molecular complexity index is 976. The molecule has 0 atom stereocenters. The summed E-state index contributed by atoms with van der Waals surface area (Å²) in [4.78, 5) is 20.5. The molecule has 0 spiro atoms. The second-order valence-corrected chi connectivity index (χ2v) is 6.39. The maximum atomic E-state index is 12.2.